The number of anilines is 2. The minimum atomic E-state index is -3.24. The fourth-order valence-corrected chi connectivity index (χ4v) is 2.95. The van der Waals surface area contributed by atoms with Crippen molar-refractivity contribution in [1.82, 2.24) is 14.7 Å². The Morgan fingerprint density at radius 3 is 2.50 bits per heavy atom. The number of rotatable bonds is 7. The summed E-state index contributed by atoms with van der Waals surface area (Å²) in [6.45, 7) is 0.223. The van der Waals surface area contributed by atoms with Crippen LogP contribution in [0, 0.1) is 5.82 Å². The first-order valence-electron chi connectivity index (χ1n) is 8.30. The van der Waals surface area contributed by atoms with Crippen LogP contribution in [0.4, 0.5) is 15.9 Å². The maximum Gasteiger partial charge on any atom is 0.209 e. The number of halogens is 1. The minimum absolute atomic E-state index is 0.223. The van der Waals surface area contributed by atoms with Gasteiger partial charge in [-0.05, 0) is 29.8 Å². The Morgan fingerprint density at radius 1 is 1.07 bits per heavy atom. The summed E-state index contributed by atoms with van der Waals surface area (Å²) in [5, 5.41) is 3.16. The van der Waals surface area contributed by atoms with Crippen molar-refractivity contribution in [1.29, 1.82) is 0 Å². The molecule has 7 nitrogen and oxygen atoms in total. The van der Waals surface area contributed by atoms with Crippen LogP contribution in [0.3, 0.4) is 0 Å². The van der Waals surface area contributed by atoms with Crippen LogP contribution >= 0.6 is 0 Å². The molecule has 0 bridgehead atoms. The molecule has 0 fully saturated rings. The third kappa shape index (κ3) is 5.24. The fourth-order valence-electron chi connectivity index (χ4n) is 2.52. The zero-order valence-corrected chi connectivity index (χ0v) is 16.1. The summed E-state index contributed by atoms with van der Waals surface area (Å²) in [6, 6.07) is 13.2. The maximum atomic E-state index is 13.4. The molecule has 1 aromatic heterocycles. The van der Waals surface area contributed by atoms with Gasteiger partial charge in [0.2, 0.25) is 10.0 Å². The summed E-state index contributed by atoms with van der Waals surface area (Å²) in [4.78, 5) is 8.43. The van der Waals surface area contributed by atoms with E-state index in [4.69, 9.17) is 4.74 Å². The summed E-state index contributed by atoms with van der Waals surface area (Å²) in [7, 11) is -1.77. The maximum absolute atomic E-state index is 13.4. The van der Waals surface area contributed by atoms with Gasteiger partial charge in [-0.3, -0.25) is 0 Å². The number of aromatic nitrogens is 2. The van der Waals surface area contributed by atoms with Crippen molar-refractivity contribution in [2.75, 3.05) is 18.7 Å². The van der Waals surface area contributed by atoms with Gasteiger partial charge in [0.1, 0.15) is 23.7 Å². The van der Waals surface area contributed by atoms with Crippen LogP contribution in [-0.2, 0) is 16.6 Å². The van der Waals surface area contributed by atoms with Crippen LogP contribution in [0.25, 0.3) is 11.3 Å². The molecule has 0 aliphatic carbocycles. The Bertz CT molecular complexity index is 1070. The van der Waals surface area contributed by atoms with Crippen LogP contribution in [0.15, 0.2) is 54.9 Å². The minimum Gasteiger partial charge on any atom is -0.496 e. The molecule has 0 aliphatic heterocycles. The molecule has 2 aromatic carbocycles. The normalized spacial score (nSPS) is 11.2. The number of nitrogens with zero attached hydrogens (tertiary/aromatic N) is 2. The molecule has 9 heteroatoms. The van der Waals surface area contributed by atoms with Gasteiger partial charge in [0.15, 0.2) is 0 Å². The summed E-state index contributed by atoms with van der Waals surface area (Å²) >= 11 is 0. The second-order valence-electron chi connectivity index (χ2n) is 6.05. The highest BCUT2D eigenvalue weighted by molar-refractivity contribution is 7.88. The molecule has 0 radical (unpaired) electrons. The molecular formula is C19H19FN4O3S. The molecule has 0 saturated carbocycles. The number of hydrogen-bond donors (Lipinski definition) is 2. The number of ether oxygens (including phenoxy) is 1. The molecule has 0 aliphatic rings. The average Bonchev–Trinajstić information content (AvgIpc) is 2.67. The van der Waals surface area contributed by atoms with Crippen molar-refractivity contribution in [2.45, 2.75) is 6.54 Å². The highest BCUT2D eigenvalue weighted by Gasteiger charge is 2.10. The molecule has 146 valence electrons. The quantitative estimate of drug-likeness (QED) is 0.631. The number of sulfonamides is 1. The molecular weight excluding hydrogens is 383 g/mol. The molecule has 0 atom stereocenters. The van der Waals surface area contributed by atoms with E-state index < -0.39 is 15.8 Å². The van der Waals surface area contributed by atoms with Gasteiger partial charge in [-0.1, -0.05) is 12.1 Å². The molecule has 3 rings (SSSR count). The average molecular weight is 402 g/mol. The Hall–Kier alpha value is -3.04. The van der Waals surface area contributed by atoms with Gasteiger partial charge < -0.3 is 10.1 Å². The standard InChI is InChI=1S/C19H19FN4O3S/c1-27-18-9-14(20)5-8-16(18)17-10-19(22-12-21-17)24-15-6-3-13(4-7-15)11-23-28(2,25)26/h3-10,12,23H,11H2,1-2H3,(H,21,22,24). The van der Waals surface area contributed by atoms with E-state index in [1.54, 1.807) is 12.1 Å². The van der Waals surface area contributed by atoms with E-state index in [2.05, 4.69) is 20.0 Å². The van der Waals surface area contributed by atoms with E-state index >= 15 is 0 Å². The Morgan fingerprint density at radius 2 is 1.82 bits per heavy atom. The van der Waals surface area contributed by atoms with Crippen LogP contribution < -0.4 is 14.8 Å². The monoisotopic (exact) mass is 402 g/mol. The lowest BCUT2D eigenvalue weighted by atomic mass is 10.1. The molecule has 0 spiro atoms. The number of methoxy groups -OCH3 is 1. The molecule has 1 heterocycles. The van der Waals surface area contributed by atoms with Crippen molar-refractivity contribution < 1.29 is 17.5 Å². The van der Waals surface area contributed by atoms with Crippen LogP contribution in [0.5, 0.6) is 5.75 Å². The van der Waals surface area contributed by atoms with Gasteiger partial charge in [-0.15, -0.1) is 0 Å². The predicted octanol–water partition coefficient (Wildman–Crippen LogP) is 3.08. The smallest absolute Gasteiger partial charge is 0.209 e. The fraction of sp³-hybridized carbons (Fsp3) is 0.158. The van der Waals surface area contributed by atoms with Crippen molar-refractivity contribution in [3.05, 3.63) is 66.2 Å². The van der Waals surface area contributed by atoms with E-state index in [1.807, 2.05) is 24.3 Å². The first kappa shape index (κ1) is 19.7. The van der Waals surface area contributed by atoms with E-state index in [0.717, 1.165) is 17.5 Å². The summed E-state index contributed by atoms with van der Waals surface area (Å²) in [5.74, 6) is 0.546. The lowest BCUT2D eigenvalue weighted by Gasteiger charge is -2.10. The molecule has 2 N–H and O–H groups in total. The third-order valence-electron chi connectivity index (χ3n) is 3.87. The van der Waals surface area contributed by atoms with E-state index in [0.29, 0.717) is 22.8 Å². The molecule has 0 saturated heterocycles. The summed E-state index contributed by atoms with van der Waals surface area (Å²) in [6.07, 6.45) is 2.52. The topological polar surface area (TPSA) is 93.2 Å². The molecule has 0 amide bonds. The SMILES string of the molecule is COc1cc(F)ccc1-c1cc(Nc2ccc(CNS(C)(=O)=O)cc2)ncn1. The van der Waals surface area contributed by atoms with Gasteiger partial charge in [0.25, 0.3) is 0 Å². The molecule has 28 heavy (non-hydrogen) atoms. The van der Waals surface area contributed by atoms with Crippen molar-refractivity contribution >= 4 is 21.5 Å². The Kier molecular flexibility index (Phi) is 5.86. The molecule has 3 aromatic rings. The second kappa shape index (κ2) is 8.32. The highest BCUT2D eigenvalue weighted by atomic mass is 32.2. The first-order chi connectivity index (χ1) is 13.3. The highest BCUT2D eigenvalue weighted by Crippen LogP contribution is 2.30. The molecule has 0 unspecified atom stereocenters. The number of nitrogens with one attached hydrogen (secondary N) is 2. The number of hydrogen-bond acceptors (Lipinski definition) is 6. The van der Waals surface area contributed by atoms with Crippen LogP contribution in [0.2, 0.25) is 0 Å². The van der Waals surface area contributed by atoms with Gasteiger partial charge in [0, 0.05) is 29.9 Å². The van der Waals surface area contributed by atoms with E-state index in [1.165, 1.54) is 25.6 Å². The Labute approximate surface area is 162 Å². The van der Waals surface area contributed by atoms with Gasteiger partial charge >= 0.3 is 0 Å². The summed E-state index contributed by atoms with van der Waals surface area (Å²) in [5.41, 5.74) is 2.84. The zero-order valence-electron chi connectivity index (χ0n) is 15.3. The van der Waals surface area contributed by atoms with E-state index in [9.17, 15) is 12.8 Å². The number of benzene rings is 2. The second-order valence-corrected chi connectivity index (χ2v) is 7.88. The lowest BCUT2D eigenvalue weighted by molar-refractivity contribution is 0.413. The largest absolute Gasteiger partial charge is 0.496 e. The van der Waals surface area contributed by atoms with Gasteiger partial charge in [-0.2, -0.15) is 0 Å². The first-order valence-corrected chi connectivity index (χ1v) is 10.2. The lowest BCUT2D eigenvalue weighted by Crippen LogP contribution is -2.21. The van der Waals surface area contributed by atoms with Crippen molar-refractivity contribution in [3.8, 4) is 17.0 Å². The van der Waals surface area contributed by atoms with Crippen LogP contribution in [0.1, 0.15) is 5.56 Å². The third-order valence-corrected chi connectivity index (χ3v) is 4.54. The van der Waals surface area contributed by atoms with Crippen molar-refractivity contribution in [3.63, 3.8) is 0 Å². The Balaban J connectivity index is 1.76. The van der Waals surface area contributed by atoms with Crippen LogP contribution in [-0.4, -0.2) is 31.8 Å². The van der Waals surface area contributed by atoms with E-state index in [-0.39, 0.29) is 6.54 Å². The van der Waals surface area contributed by atoms with Gasteiger partial charge in [-0.25, -0.2) is 27.5 Å². The zero-order chi connectivity index (χ0) is 20.1. The predicted molar refractivity (Wildman–Crippen MR) is 105 cm³/mol. The van der Waals surface area contributed by atoms with Crippen molar-refractivity contribution in [2.24, 2.45) is 0 Å². The summed E-state index contributed by atoms with van der Waals surface area (Å²) < 4.78 is 43.4. The van der Waals surface area contributed by atoms with Gasteiger partial charge in [0.05, 0.1) is 19.1 Å².